The highest BCUT2D eigenvalue weighted by molar-refractivity contribution is 5.76. The first-order chi connectivity index (χ1) is 13.5. The van der Waals surface area contributed by atoms with Crippen LogP contribution in [-0.2, 0) is 4.79 Å². The molecule has 1 spiro atoms. The molecule has 0 radical (unpaired) electrons. The number of hydrogen-bond acceptors (Lipinski definition) is 5. The molecule has 6 nitrogen and oxygen atoms in total. The highest BCUT2D eigenvalue weighted by Crippen LogP contribution is 2.44. The van der Waals surface area contributed by atoms with Gasteiger partial charge in [-0.15, -0.1) is 12.3 Å². The Bertz CT molecular complexity index is 799. The van der Waals surface area contributed by atoms with E-state index < -0.39 is 5.66 Å². The maximum absolute atomic E-state index is 12.7. The molecule has 1 amide bonds. The average molecular weight is 380 g/mol. The molecular formula is C22H28N4O2. The van der Waals surface area contributed by atoms with Gasteiger partial charge in [0.25, 0.3) is 0 Å². The van der Waals surface area contributed by atoms with E-state index >= 15 is 0 Å². The van der Waals surface area contributed by atoms with Gasteiger partial charge in [-0.25, -0.2) is 0 Å². The second kappa shape index (κ2) is 7.56. The van der Waals surface area contributed by atoms with Crippen molar-refractivity contribution in [1.82, 2.24) is 10.2 Å². The number of benzene rings is 1. The zero-order chi connectivity index (χ0) is 19.6. The van der Waals surface area contributed by atoms with E-state index in [0.717, 1.165) is 50.1 Å². The maximum Gasteiger partial charge on any atom is 0.220 e. The van der Waals surface area contributed by atoms with Crippen LogP contribution in [0.3, 0.4) is 0 Å². The standard InChI is InChI=1S/C22H28N4O2/c1-3-4-10-22(24-25-22)11-9-20(27)23-18-16-21(12-14-26(2)15-13-21)28-19-8-6-5-7-17(18)19/h1,5-8,18H,4,9-16H2,2H3,(H,23,27). The Morgan fingerprint density at radius 3 is 2.79 bits per heavy atom. The summed E-state index contributed by atoms with van der Waals surface area (Å²) < 4.78 is 6.46. The minimum atomic E-state index is -0.410. The molecule has 6 heteroatoms. The van der Waals surface area contributed by atoms with E-state index in [1.165, 1.54) is 0 Å². The summed E-state index contributed by atoms with van der Waals surface area (Å²) in [4.78, 5) is 15.0. The highest BCUT2D eigenvalue weighted by atomic mass is 16.5. The van der Waals surface area contributed by atoms with Crippen LogP contribution in [0.15, 0.2) is 34.5 Å². The molecule has 28 heavy (non-hydrogen) atoms. The topological polar surface area (TPSA) is 66.3 Å². The normalized spacial score (nSPS) is 24.1. The SMILES string of the molecule is C#CCCC1(CCC(=O)NC2CC3(CCN(C)CC3)Oc3ccccc32)N=N1. The van der Waals surface area contributed by atoms with Crippen molar-refractivity contribution in [1.29, 1.82) is 0 Å². The van der Waals surface area contributed by atoms with Gasteiger partial charge in [0, 0.05) is 50.8 Å². The molecule has 3 aliphatic rings. The van der Waals surface area contributed by atoms with E-state index in [9.17, 15) is 4.79 Å². The Morgan fingerprint density at radius 2 is 2.07 bits per heavy atom. The Balaban J connectivity index is 1.41. The lowest BCUT2D eigenvalue weighted by Gasteiger charge is -2.46. The first kappa shape index (κ1) is 18.9. The molecule has 3 heterocycles. The second-order valence-corrected chi connectivity index (χ2v) is 8.34. The van der Waals surface area contributed by atoms with Crippen molar-refractivity contribution in [3.63, 3.8) is 0 Å². The van der Waals surface area contributed by atoms with Crippen LogP contribution in [0.2, 0.25) is 0 Å². The van der Waals surface area contributed by atoms with Gasteiger partial charge in [0.1, 0.15) is 11.4 Å². The Hall–Kier alpha value is -2.39. The fourth-order valence-corrected chi connectivity index (χ4v) is 4.33. The zero-order valence-corrected chi connectivity index (χ0v) is 16.5. The third kappa shape index (κ3) is 4.05. The van der Waals surface area contributed by atoms with Gasteiger partial charge >= 0.3 is 0 Å². The van der Waals surface area contributed by atoms with Crippen molar-refractivity contribution in [3.05, 3.63) is 29.8 Å². The molecule has 1 unspecified atom stereocenters. The van der Waals surface area contributed by atoms with Crippen molar-refractivity contribution in [3.8, 4) is 18.1 Å². The van der Waals surface area contributed by atoms with Gasteiger partial charge < -0.3 is 15.0 Å². The Morgan fingerprint density at radius 1 is 1.32 bits per heavy atom. The molecule has 0 saturated carbocycles. The molecule has 0 bridgehead atoms. The number of para-hydroxylation sites is 1. The Kier molecular flexibility index (Phi) is 5.11. The molecule has 1 fully saturated rings. The quantitative estimate of drug-likeness (QED) is 0.769. The molecule has 1 saturated heterocycles. The van der Waals surface area contributed by atoms with Gasteiger partial charge in [-0.1, -0.05) is 18.2 Å². The van der Waals surface area contributed by atoms with E-state index in [4.69, 9.17) is 11.2 Å². The van der Waals surface area contributed by atoms with Gasteiger partial charge in [-0.2, -0.15) is 10.2 Å². The smallest absolute Gasteiger partial charge is 0.220 e. The number of ether oxygens (including phenoxy) is 1. The lowest BCUT2D eigenvalue weighted by Crippen LogP contribution is -2.51. The van der Waals surface area contributed by atoms with Crippen LogP contribution < -0.4 is 10.1 Å². The van der Waals surface area contributed by atoms with Crippen LogP contribution in [0.4, 0.5) is 0 Å². The third-order valence-corrected chi connectivity index (χ3v) is 6.24. The van der Waals surface area contributed by atoms with Crippen molar-refractivity contribution in [2.75, 3.05) is 20.1 Å². The zero-order valence-electron chi connectivity index (χ0n) is 16.5. The van der Waals surface area contributed by atoms with Crippen molar-refractivity contribution < 1.29 is 9.53 Å². The van der Waals surface area contributed by atoms with E-state index in [0.29, 0.717) is 19.3 Å². The number of rotatable bonds is 6. The number of piperidine rings is 1. The summed E-state index contributed by atoms with van der Waals surface area (Å²) in [6, 6.07) is 8.06. The predicted octanol–water partition coefficient (Wildman–Crippen LogP) is 3.45. The van der Waals surface area contributed by atoms with Crippen LogP contribution >= 0.6 is 0 Å². The molecule has 1 N–H and O–H groups in total. The monoisotopic (exact) mass is 380 g/mol. The largest absolute Gasteiger partial charge is 0.487 e. The van der Waals surface area contributed by atoms with Crippen molar-refractivity contribution in [2.24, 2.45) is 10.2 Å². The number of hydrogen-bond donors (Lipinski definition) is 1. The fourth-order valence-electron chi connectivity index (χ4n) is 4.33. The summed E-state index contributed by atoms with van der Waals surface area (Å²) in [5.74, 6) is 3.57. The number of fused-ring (bicyclic) bond motifs is 1. The van der Waals surface area contributed by atoms with E-state index in [-0.39, 0.29) is 17.6 Å². The minimum absolute atomic E-state index is 0.0180. The number of terminal acetylenes is 1. The summed E-state index contributed by atoms with van der Waals surface area (Å²) >= 11 is 0. The number of nitrogens with one attached hydrogen (secondary N) is 1. The molecule has 0 aromatic heterocycles. The lowest BCUT2D eigenvalue weighted by molar-refractivity contribution is -0.123. The highest BCUT2D eigenvalue weighted by Gasteiger charge is 2.44. The summed E-state index contributed by atoms with van der Waals surface area (Å²) in [5.41, 5.74) is 0.476. The molecule has 1 aromatic rings. The fraction of sp³-hybridized carbons (Fsp3) is 0.591. The van der Waals surface area contributed by atoms with Crippen LogP contribution in [0, 0.1) is 12.3 Å². The van der Waals surface area contributed by atoms with Gasteiger partial charge in [-0.3, -0.25) is 4.79 Å². The molecule has 4 rings (SSSR count). The first-order valence-electron chi connectivity index (χ1n) is 10.2. The Labute approximate surface area is 166 Å². The number of carbonyl (C=O) groups is 1. The minimum Gasteiger partial charge on any atom is -0.487 e. The van der Waals surface area contributed by atoms with Crippen molar-refractivity contribution >= 4 is 5.91 Å². The predicted molar refractivity (Wildman–Crippen MR) is 107 cm³/mol. The van der Waals surface area contributed by atoms with Crippen LogP contribution in [0.25, 0.3) is 0 Å². The molecule has 1 atom stereocenters. The second-order valence-electron chi connectivity index (χ2n) is 8.34. The average Bonchev–Trinajstić information content (AvgIpc) is 3.48. The molecule has 148 valence electrons. The number of likely N-dealkylation sites (tertiary alicyclic amines) is 1. The number of carbonyl (C=O) groups excluding carboxylic acids is 1. The van der Waals surface area contributed by atoms with E-state index in [2.05, 4.69) is 39.5 Å². The summed E-state index contributed by atoms with van der Waals surface area (Å²) in [6.45, 7) is 2.03. The third-order valence-electron chi connectivity index (χ3n) is 6.24. The summed E-state index contributed by atoms with van der Waals surface area (Å²) in [5, 5.41) is 11.5. The van der Waals surface area contributed by atoms with Gasteiger partial charge in [0.2, 0.25) is 5.91 Å². The van der Waals surface area contributed by atoms with Gasteiger partial charge in [0.15, 0.2) is 5.66 Å². The van der Waals surface area contributed by atoms with Crippen LogP contribution in [0.5, 0.6) is 5.75 Å². The molecule has 3 aliphatic heterocycles. The first-order valence-corrected chi connectivity index (χ1v) is 10.2. The van der Waals surface area contributed by atoms with E-state index in [1.54, 1.807) is 0 Å². The van der Waals surface area contributed by atoms with Crippen LogP contribution in [0.1, 0.15) is 56.6 Å². The number of nitrogens with zero attached hydrogens (tertiary/aromatic N) is 3. The molecular weight excluding hydrogens is 352 g/mol. The van der Waals surface area contributed by atoms with E-state index in [1.807, 2.05) is 18.2 Å². The number of amides is 1. The molecule has 0 aliphatic carbocycles. The summed E-state index contributed by atoms with van der Waals surface area (Å²) in [7, 11) is 2.15. The van der Waals surface area contributed by atoms with Crippen molar-refractivity contribution in [2.45, 2.75) is 62.3 Å². The van der Waals surface area contributed by atoms with Gasteiger partial charge in [0.05, 0.1) is 6.04 Å². The van der Waals surface area contributed by atoms with Crippen LogP contribution in [-0.4, -0.2) is 42.2 Å². The summed E-state index contributed by atoms with van der Waals surface area (Å²) in [6.07, 6.45) is 10.5. The lowest BCUT2D eigenvalue weighted by atomic mass is 9.80. The van der Waals surface area contributed by atoms with Gasteiger partial charge in [-0.05, 0) is 26.0 Å². The molecule has 1 aromatic carbocycles. The maximum atomic E-state index is 12.7.